The minimum Gasteiger partial charge on any atom is -0.343 e. The van der Waals surface area contributed by atoms with Crippen molar-refractivity contribution >= 4 is 5.91 Å². The van der Waals surface area contributed by atoms with Gasteiger partial charge in [-0.3, -0.25) is 16.1 Å². The molecule has 0 radical (unpaired) electrons. The van der Waals surface area contributed by atoms with E-state index >= 15 is 0 Å². The van der Waals surface area contributed by atoms with Gasteiger partial charge in [0.25, 0.3) is 0 Å². The minimum atomic E-state index is 0.167. The molecule has 1 aliphatic heterocycles. The lowest BCUT2D eigenvalue weighted by Crippen LogP contribution is -2.46. The molecule has 1 saturated heterocycles. The zero-order valence-corrected chi connectivity index (χ0v) is 6.84. The first-order valence-electron chi connectivity index (χ1n) is 3.95. The van der Waals surface area contributed by atoms with Gasteiger partial charge < -0.3 is 4.90 Å². The summed E-state index contributed by atoms with van der Waals surface area (Å²) in [6, 6.07) is 0.394. The molecule has 1 rings (SSSR count). The number of piperidine rings is 1. The number of hydrogen-bond acceptors (Lipinski definition) is 3. The predicted octanol–water partition coefficient (Wildman–Crippen LogP) is -0.539. The van der Waals surface area contributed by atoms with E-state index < -0.39 is 0 Å². The van der Waals surface area contributed by atoms with E-state index in [2.05, 4.69) is 5.43 Å². The van der Waals surface area contributed by atoms with E-state index in [-0.39, 0.29) is 5.91 Å². The average molecular weight is 157 g/mol. The SMILES string of the molecule is CC(=O)N1CCC(NN)CC1. The van der Waals surface area contributed by atoms with Crippen molar-refractivity contribution in [3.05, 3.63) is 0 Å². The van der Waals surface area contributed by atoms with Crippen LogP contribution in [0.5, 0.6) is 0 Å². The molecule has 0 aromatic heterocycles. The third kappa shape index (κ3) is 2.17. The maximum atomic E-state index is 10.9. The number of amides is 1. The predicted molar refractivity (Wildman–Crippen MR) is 42.6 cm³/mol. The van der Waals surface area contributed by atoms with E-state index in [9.17, 15) is 4.79 Å². The number of rotatable bonds is 1. The second-order valence-electron chi connectivity index (χ2n) is 2.95. The molecule has 0 unspecified atom stereocenters. The van der Waals surface area contributed by atoms with Gasteiger partial charge in [0.05, 0.1) is 0 Å². The summed E-state index contributed by atoms with van der Waals surface area (Å²) in [6.07, 6.45) is 1.94. The molecular formula is C7H15N3O. The Hall–Kier alpha value is -0.610. The van der Waals surface area contributed by atoms with Gasteiger partial charge in [0.1, 0.15) is 0 Å². The summed E-state index contributed by atoms with van der Waals surface area (Å²) < 4.78 is 0. The summed E-state index contributed by atoms with van der Waals surface area (Å²) in [4.78, 5) is 12.7. The normalized spacial score (nSPS) is 20.4. The third-order valence-corrected chi connectivity index (χ3v) is 2.18. The Morgan fingerprint density at radius 3 is 2.45 bits per heavy atom. The van der Waals surface area contributed by atoms with Gasteiger partial charge in [-0.1, -0.05) is 0 Å². The summed E-state index contributed by atoms with van der Waals surface area (Å²) in [7, 11) is 0. The summed E-state index contributed by atoms with van der Waals surface area (Å²) in [6.45, 7) is 3.28. The number of carbonyl (C=O) groups is 1. The van der Waals surface area contributed by atoms with Crippen LogP contribution in [0.4, 0.5) is 0 Å². The summed E-state index contributed by atoms with van der Waals surface area (Å²) in [5.41, 5.74) is 2.73. The highest BCUT2D eigenvalue weighted by Crippen LogP contribution is 2.08. The van der Waals surface area contributed by atoms with Crippen LogP contribution in [0.25, 0.3) is 0 Å². The zero-order valence-electron chi connectivity index (χ0n) is 6.84. The van der Waals surface area contributed by atoms with Gasteiger partial charge in [-0.15, -0.1) is 0 Å². The van der Waals surface area contributed by atoms with Gasteiger partial charge in [-0.25, -0.2) is 0 Å². The van der Waals surface area contributed by atoms with Crippen LogP contribution in [0.3, 0.4) is 0 Å². The molecular weight excluding hydrogens is 142 g/mol. The van der Waals surface area contributed by atoms with Crippen LogP contribution in [0.1, 0.15) is 19.8 Å². The van der Waals surface area contributed by atoms with Crippen molar-refractivity contribution in [2.75, 3.05) is 13.1 Å². The molecule has 11 heavy (non-hydrogen) atoms. The Balaban J connectivity index is 2.30. The number of nitrogens with two attached hydrogens (primary N) is 1. The molecule has 0 bridgehead atoms. The number of hydrogen-bond donors (Lipinski definition) is 2. The van der Waals surface area contributed by atoms with Crippen molar-refractivity contribution in [2.45, 2.75) is 25.8 Å². The standard InChI is InChI=1S/C7H15N3O/c1-6(11)10-4-2-7(9-8)3-5-10/h7,9H,2-5,8H2,1H3. The van der Waals surface area contributed by atoms with Crippen LogP contribution in [-0.4, -0.2) is 29.9 Å². The highest BCUT2D eigenvalue weighted by Gasteiger charge is 2.18. The molecule has 1 aliphatic rings. The highest BCUT2D eigenvalue weighted by atomic mass is 16.2. The lowest BCUT2D eigenvalue weighted by atomic mass is 10.1. The molecule has 0 saturated carbocycles. The van der Waals surface area contributed by atoms with Crippen LogP contribution >= 0.6 is 0 Å². The van der Waals surface area contributed by atoms with E-state index in [0.29, 0.717) is 6.04 Å². The molecule has 4 heteroatoms. The summed E-state index contributed by atoms with van der Waals surface area (Å²) >= 11 is 0. The van der Waals surface area contributed by atoms with Gasteiger partial charge in [-0.2, -0.15) is 0 Å². The third-order valence-electron chi connectivity index (χ3n) is 2.18. The van der Waals surface area contributed by atoms with E-state index in [4.69, 9.17) is 5.84 Å². The smallest absolute Gasteiger partial charge is 0.219 e. The molecule has 4 nitrogen and oxygen atoms in total. The quantitative estimate of drug-likeness (QED) is 0.397. The number of carbonyl (C=O) groups excluding carboxylic acids is 1. The van der Waals surface area contributed by atoms with Crippen molar-refractivity contribution in [1.29, 1.82) is 0 Å². The molecule has 1 amide bonds. The second kappa shape index (κ2) is 3.69. The lowest BCUT2D eigenvalue weighted by Gasteiger charge is -2.30. The second-order valence-corrected chi connectivity index (χ2v) is 2.95. The molecule has 0 aliphatic carbocycles. The van der Waals surface area contributed by atoms with Crippen molar-refractivity contribution in [3.63, 3.8) is 0 Å². The minimum absolute atomic E-state index is 0.167. The largest absolute Gasteiger partial charge is 0.343 e. The Bertz CT molecular complexity index is 141. The highest BCUT2D eigenvalue weighted by molar-refractivity contribution is 5.73. The molecule has 0 spiro atoms. The fourth-order valence-corrected chi connectivity index (χ4v) is 1.36. The van der Waals surface area contributed by atoms with Crippen LogP contribution in [0.2, 0.25) is 0 Å². The molecule has 0 atom stereocenters. The Morgan fingerprint density at radius 2 is 2.09 bits per heavy atom. The van der Waals surface area contributed by atoms with Crippen LogP contribution < -0.4 is 11.3 Å². The Morgan fingerprint density at radius 1 is 1.55 bits per heavy atom. The topological polar surface area (TPSA) is 58.4 Å². The van der Waals surface area contributed by atoms with Crippen LogP contribution in [0.15, 0.2) is 0 Å². The number of hydrazine groups is 1. The van der Waals surface area contributed by atoms with Crippen LogP contribution in [0, 0.1) is 0 Å². The Kier molecular flexibility index (Phi) is 2.84. The molecule has 1 fully saturated rings. The van der Waals surface area contributed by atoms with Crippen molar-refractivity contribution in [3.8, 4) is 0 Å². The number of likely N-dealkylation sites (tertiary alicyclic amines) is 1. The van der Waals surface area contributed by atoms with E-state index in [0.717, 1.165) is 25.9 Å². The Labute approximate surface area is 66.7 Å². The van der Waals surface area contributed by atoms with E-state index in [1.54, 1.807) is 6.92 Å². The first-order valence-corrected chi connectivity index (χ1v) is 3.95. The molecule has 3 N–H and O–H groups in total. The van der Waals surface area contributed by atoms with Crippen molar-refractivity contribution in [2.24, 2.45) is 5.84 Å². The van der Waals surface area contributed by atoms with Gasteiger partial charge in [0.2, 0.25) is 5.91 Å². The molecule has 0 aromatic rings. The van der Waals surface area contributed by atoms with Gasteiger partial charge in [0.15, 0.2) is 0 Å². The van der Waals surface area contributed by atoms with Gasteiger partial charge in [0, 0.05) is 26.1 Å². The van der Waals surface area contributed by atoms with Gasteiger partial charge in [-0.05, 0) is 12.8 Å². The fourth-order valence-electron chi connectivity index (χ4n) is 1.36. The maximum absolute atomic E-state index is 10.9. The zero-order chi connectivity index (χ0) is 8.27. The van der Waals surface area contributed by atoms with Crippen molar-refractivity contribution in [1.82, 2.24) is 10.3 Å². The van der Waals surface area contributed by atoms with E-state index in [1.807, 2.05) is 4.90 Å². The average Bonchev–Trinajstić information content (AvgIpc) is 2.05. The molecule has 1 heterocycles. The summed E-state index contributed by atoms with van der Waals surface area (Å²) in [5.74, 6) is 5.44. The summed E-state index contributed by atoms with van der Waals surface area (Å²) in [5, 5.41) is 0. The number of nitrogens with zero attached hydrogens (tertiary/aromatic N) is 1. The van der Waals surface area contributed by atoms with Crippen molar-refractivity contribution < 1.29 is 4.79 Å². The lowest BCUT2D eigenvalue weighted by molar-refractivity contribution is -0.129. The molecule has 0 aromatic carbocycles. The molecule has 64 valence electrons. The van der Waals surface area contributed by atoms with Crippen LogP contribution in [-0.2, 0) is 4.79 Å². The monoisotopic (exact) mass is 157 g/mol. The van der Waals surface area contributed by atoms with Gasteiger partial charge >= 0.3 is 0 Å². The first kappa shape index (κ1) is 8.49. The van der Waals surface area contributed by atoms with E-state index in [1.165, 1.54) is 0 Å². The maximum Gasteiger partial charge on any atom is 0.219 e. The number of nitrogens with one attached hydrogen (secondary N) is 1. The fraction of sp³-hybridized carbons (Fsp3) is 0.857. The first-order chi connectivity index (χ1) is 5.24.